The molecule has 0 fully saturated rings. The molecular weight excluding hydrogens is 320 g/mol. The number of anilines is 1. The number of hydrogen-bond donors (Lipinski definition) is 1. The highest BCUT2D eigenvalue weighted by molar-refractivity contribution is 5.89. The van der Waals surface area contributed by atoms with E-state index >= 15 is 0 Å². The van der Waals surface area contributed by atoms with E-state index in [1.807, 2.05) is 0 Å². The summed E-state index contributed by atoms with van der Waals surface area (Å²) in [5.41, 5.74) is 1.23. The number of urea groups is 1. The van der Waals surface area contributed by atoms with E-state index < -0.39 is 6.61 Å². The predicted molar refractivity (Wildman–Crippen MR) is 84.3 cm³/mol. The number of methoxy groups -OCH3 is 1. The molecule has 0 aliphatic rings. The number of carbonyl (C=O) groups excluding carboxylic acids is 1. The second-order valence-corrected chi connectivity index (χ2v) is 4.89. The van der Waals surface area contributed by atoms with Crippen molar-refractivity contribution in [1.29, 1.82) is 0 Å². The molecule has 2 aromatic rings. The van der Waals surface area contributed by atoms with Crippen LogP contribution in [-0.2, 0) is 6.54 Å². The molecule has 24 heavy (non-hydrogen) atoms. The largest absolute Gasteiger partial charge is 0.493 e. The van der Waals surface area contributed by atoms with Gasteiger partial charge in [-0.1, -0.05) is 0 Å². The van der Waals surface area contributed by atoms with Gasteiger partial charge in [-0.2, -0.15) is 8.78 Å². The highest BCUT2D eigenvalue weighted by Crippen LogP contribution is 2.31. The van der Waals surface area contributed by atoms with Crippen LogP contribution in [0.5, 0.6) is 11.5 Å². The summed E-state index contributed by atoms with van der Waals surface area (Å²) >= 11 is 0. The number of carbonyl (C=O) groups is 1. The Morgan fingerprint density at radius 2 is 1.96 bits per heavy atom. The van der Waals surface area contributed by atoms with Gasteiger partial charge in [-0.3, -0.25) is 4.98 Å². The highest BCUT2D eigenvalue weighted by atomic mass is 19.3. The van der Waals surface area contributed by atoms with Crippen LogP contribution < -0.4 is 14.8 Å². The molecule has 0 saturated carbocycles. The average molecular weight is 337 g/mol. The fraction of sp³-hybridized carbons (Fsp3) is 0.250. The first-order valence-corrected chi connectivity index (χ1v) is 7.03. The molecule has 1 N–H and O–H groups in total. The number of hydrogen-bond acceptors (Lipinski definition) is 4. The van der Waals surface area contributed by atoms with E-state index in [9.17, 15) is 13.6 Å². The van der Waals surface area contributed by atoms with Crippen LogP contribution in [0.25, 0.3) is 0 Å². The number of rotatable bonds is 6. The lowest BCUT2D eigenvalue weighted by Gasteiger charge is -2.18. The zero-order valence-corrected chi connectivity index (χ0v) is 13.2. The van der Waals surface area contributed by atoms with Gasteiger partial charge in [0.1, 0.15) is 0 Å². The van der Waals surface area contributed by atoms with Gasteiger partial charge in [0.25, 0.3) is 0 Å². The van der Waals surface area contributed by atoms with Gasteiger partial charge in [-0.15, -0.1) is 0 Å². The Morgan fingerprint density at radius 1 is 1.25 bits per heavy atom. The molecule has 0 radical (unpaired) electrons. The maximum Gasteiger partial charge on any atom is 0.387 e. The topological polar surface area (TPSA) is 63.7 Å². The van der Waals surface area contributed by atoms with Crippen LogP contribution in [-0.4, -0.2) is 36.7 Å². The fourth-order valence-electron chi connectivity index (χ4n) is 2.00. The van der Waals surface area contributed by atoms with E-state index in [-0.39, 0.29) is 17.5 Å². The number of nitrogens with one attached hydrogen (secondary N) is 1. The standard InChI is InChI=1S/C16H17F2N3O3/c1-21(10-11-5-7-19-8-6-11)16(22)20-12-3-4-13(23-2)14(9-12)24-15(17)18/h3-9,15H,10H2,1-2H3,(H,20,22). The van der Waals surface area contributed by atoms with Crippen molar-refractivity contribution in [2.45, 2.75) is 13.2 Å². The van der Waals surface area contributed by atoms with E-state index in [0.717, 1.165) is 5.56 Å². The third-order valence-electron chi connectivity index (χ3n) is 3.15. The second-order valence-electron chi connectivity index (χ2n) is 4.89. The van der Waals surface area contributed by atoms with Gasteiger partial charge in [0.05, 0.1) is 7.11 Å². The van der Waals surface area contributed by atoms with Crippen LogP contribution >= 0.6 is 0 Å². The minimum atomic E-state index is -2.99. The smallest absolute Gasteiger partial charge is 0.387 e. The zero-order chi connectivity index (χ0) is 17.5. The lowest BCUT2D eigenvalue weighted by Crippen LogP contribution is -2.30. The Bertz CT molecular complexity index is 684. The van der Waals surface area contributed by atoms with Crippen molar-refractivity contribution in [2.24, 2.45) is 0 Å². The molecule has 1 heterocycles. The lowest BCUT2D eigenvalue weighted by atomic mass is 10.2. The zero-order valence-electron chi connectivity index (χ0n) is 13.2. The van der Waals surface area contributed by atoms with Gasteiger partial charge in [0.2, 0.25) is 0 Å². The Labute approximate surface area is 138 Å². The molecule has 0 aliphatic carbocycles. The number of amides is 2. The Hall–Kier alpha value is -2.90. The molecule has 2 rings (SSSR count). The maximum absolute atomic E-state index is 12.4. The fourth-order valence-corrected chi connectivity index (χ4v) is 2.00. The Morgan fingerprint density at radius 3 is 2.58 bits per heavy atom. The number of aromatic nitrogens is 1. The van der Waals surface area contributed by atoms with Gasteiger partial charge in [0.15, 0.2) is 11.5 Å². The number of nitrogens with zero attached hydrogens (tertiary/aromatic N) is 2. The summed E-state index contributed by atoms with van der Waals surface area (Å²) in [6, 6.07) is 7.46. The van der Waals surface area contributed by atoms with Gasteiger partial charge >= 0.3 is 12.6 Å². The first-order valence-electron chi connectivity index (χ1n) is 7.03. The average Bonchev–Trinajstić information content (AvgIpc) is 2.55. The van der Waals surface area contributed by atoms with E-state index in [2.05, 4.69) is 15.0 Å². The summed E-state index contributed by atoms with van der Waals surface area (Å²) in [4.78, 5) is 17.5. The van der Waals surface area contributed by atoms with Crippen molar-refractivity contribution in [3.8, 4) is 11.5 Å². The van der Waals surface area contributed by atoms with Crippen LogP contribution in [0.1, 0.15) is 5.56 Å². The van der Waals surface area contributed by atoms with E-state index in [1.54, 1.807) is 31.6 Å². The molecule has 0 bridgehead atoms. The van der Waals surface area contributed by atoms with E-state index in [4.69, 9.17) is 4.74 Å². The molecule has 0 saturated heterocycles. The highest BCUT2D eigenvalue weighted by Gasteiger charge is 2.14. The predicted octanol–water partition coefficient (Wildman–Crippen LogP) is 3.36. The Balaban J connectivity index is 2.05. The second kappa shape index (κ2) is 8.09. The normalized spacial score (nSPS) is 10.4. The molecule has 0 aliphatic heterocycles. The van der Waals surface area contributed by atoms with Crippen molar-refractivity contribution in [2.75, 3.05) is 19.5 Å². The number of halogens is 2. The van der Waals surface area contributed by atoms with E-state index in [1.165, 1.54) is 30.2 Å². The summed E-state index contributed by atoms with van der Waals surface area (Å²) in [7, 11) is 2.96. The van der Waals surface area contributed by atoms with Gasteiger partial charge in [-0.25, -0.2) is 4.79 Å². The summed E-state index contributed by atoms with van der Waals surface area (Å²) < 4.78 is 34.2. The minimum absolute atomic E-state index is 0.151. The van der Waals surface area contributed by atoms with Crippen LogP contribution in [0, 0.1) is 0 Å². The van der Waals surface area contributed by atoms with Gasteiger partial charge < -0.3 is 19.7 Å². The molecule has 0 spiro atoms. The monoisotopic (exact) mass is 337 g/mol. The van der Waals surface area contributed by atoms with Crippen molar-refractivity contribution in [1.82, 2.24) is 9.88 Å². The van der Waals surface area contributed by atoms with Crippen LogP contribution in [0.15, 0.2) is 42.7 Å². The summed E-state index contributed by atoms with van der Waals surface area (Å²) in [5, 5.41) is 2.62. The van der Waals surface area contributed by atoms with Crippen molar-refractivity contribution >= 4 is 11.7 Å². The number of alkyl halides is 2. The van der Waals surface area contributed by atoms with Crippen LogP contribution in [0.4, 0.5) is 19.3 Å². The molecule has 2 amide bonds. The number of benzene rings is 1. The first-order chi connectivity index (χ1) is 11.5. The third kappa shape index (κ3) is 4.80. The molecule has 0 atom stereocenters. The van der Waals surface area contributed by atoms with Crippen LogP contribution in [0.2, 0.25) is 0 Å². The maximum atomic E-state index is 12.4. The molecular formula is C16H17F2N3O3. The SMILES string of the molecule is COc1ccc(NC(=O)N(C)Cc2ccncc2)cc1OC(F)F. The van der Waals surface area contributed by atoms with Gasteiger partial charge in [0, 0.05) is 37.7 Å². The van der Waals surface area contributed by atoms with E-state index in [0.29, 0.717) is 12.2 Å². The molecule has 6 nitrogen and oxygen atoms in total. The lowest BCUT2D eigenvalue weighted by molar-refractivity contribution is -0.0511. The molecule has 1 aromatic heterocycles. The van der Waals surface area contributed by atoms with Crippen molar-refractivity contribution in [3.63, 3.8) is 0 Å². The Kier molecular flexibility index (Phi) is 5.89. The molecule has 128 valence electrons. The number of pyridine rings is 1. The summed E-state index contributed by atoms with van der Waals surface area (Å²) in [6.07, 6.45) is 3.27. The summed E-state index contributed by atoms with van der Waals surface area (Å²) in [5.74, 6) is 0.000487. The van der Waals surface area contributed by atoms with Crippen LogP contribution in [0.3, 0.4) is 0 Å². The molecule has 8 heteroatoms. The first kappa shape index (κ1) is 17.5. The van der Waals surface area contributed by atoms with Crippen molar-refractivity contribution < 1.29 is 23.0 Å². The van der Waals surface area contributed by atoms with Crippen molar-refractivity contribution in [3.05, 3.63) is 48.3 Å². The molecule has 1 aromatic carbocycles. The number of ether oxygens (including phenoxy) is 2. The minimum Gasteiger partial charge on any atom is -0.493 e. The molecule has 0 unspecified atom stereocenters. The van der Waals surface area contributed by atoms with Gasteiger partial charge in [-0.05, 0) is 29.8 Å². The summed E-state index contributed by atoms with van der Waals surface area (Å²) in [6.45, 7) is -2.61. The quantitative estimate of drug-likeness (QED) is 0.878. The third-order valence-corrected chi connectivity index (χ3v) is 3.15.